The molecule has 17 heavy (non-hydrogen) atoms. The molecule has 0 fully saturated rings. The van der Waals surface area contributed by atoms with Crippen LogP contribution in [0.2, 0.25) is 0 Å². The molecule has 0 saturated heterocycles. The highest BCUT2D eigenvalue weighted by Gasteiger charge is 2.21. The molecule has 0 bridgehead atoms. The molecule has 0 spiro atoms. The highest BCUT2D eigenvalue weighted by atomic mass is 15.4. The summed E-state index contributed by atoms with van der Waals surface area (Å²) in [6.45, 7) is 14.8. The average Bonchev–Trinajstić information content (AvgIpc) is 2.51. The van der Waals surface area contributed by atoms with E-state index in [4.69, 9.17) is 5.73 Å². The van der Waals surface area contributed by atoms with Crippen molar-refractivity contribution in [1.82, 2.24) is 9.78 Å². The average molecular weight is 238 g/mol. The second-order valence-electron chi connectivity index (χ2n) is 5.28. The van der Waals surface area contributed by atoms with E-state index >= 15 is 0 Å². The summed E-state index contributed by atoms with van der Waals surface area (Å²) in [5, 5.41) is 4.49. The minimum absolute atomic E-state index is 0.432. The van der Waals surface area contributed by atoms with Crippen LogP contribution in [-0.4, -0.2) is 22.4 Å². The Kier molecular flexibility index (Phi) is 4.43. The molecule has 1 heterocycles. The number of aryl methyl sites for hydroxylation is 2. The molecule has 0 radical (unpaired) electrons. The Labute approximate surface area is 105 Å². The van der Waals surface area contributed by atoms with Gasteiger partial charge in [-0.3, -0.25) is 0 Å². The first-order valence-electron chi connectivity index (χ1n) is 6.47. The highest BCUT2D eigenvalue weighted by molar-refractivity contribution is 5.66. The SMILES string of the molecule is CCn1nc(C)c(N)c1N(CC(C)C)C(C)C. The normalized spacial score (nSPS) is 11.5. The van der Waals surface area contributed by atoms with Crippen LogP contribution >= 0.6 is 0 Å². The maximum Gasteiger partial charge on any atom is 0.150 e. The van der Waals surface area contributed by atoms with Crippen LogP contribution < -0.4 is 10.6 Å². The zero-order valence-electron chi connectivity index (χ0n) is 12.0. The Morgan fingerprint density at radius 3 is 2.29 bits per heavy atom. The van der Waals surface area contributed by atoms with Gasteiger partial charge in [0.15, 0.2) is 5.82 Å². The number of nitrogens with two attached hydrogens (primary N) is 1. The predicted octanol–water partition coefficient (Wildman–Crippen LogP) is 2.66. The smallest absolute Gasteiger partial charge is 0.150 e. The monoisotopic (exact) mass is 238 g/mol. The fraction of sp³-hybridized carbons (Fsp3) is 0.769. The van der Waals surface area contributed by atoms with Gasteiger partial charge in [0, 0.05) is 19.1 Å². The van der Waals surface area contributed by atoms with Crippen molar-refractivity contribution in [3.8, 4) is 0 Å². The molecule has 0 aliphatic heterocycles. The standard InChI is InChI=1S/C13H26N4/c1-7-17-13(12(14)11(6)15-17)16(10(4)5)8-9(2)3/h9-10H,7-8,14H2,1-6H3. The lowest BCUT2D eigenvalue weighted by atomic mass is 10.1. The van der Waals surface area contributed by atoms with Crippen molar-refractivity contribution in [3.63, 3.8) is 0 Å². The van der Waals surface area contributed by atoms with E-state index in [2.05, 4.69) is 44.6 Å². The summed E-state index contributed by atoms with van der Waals surface area (Å²) in [6, 6.07) is 0.432. The molecule has 1 aromatic heterocycles. The van der Waals surface area contributed by atoms with Gasteiger partial charge in [0.25, 0.3) is 0 Å². The fourth-order valence-corrected chi connectivity index (χ4v) is 2.04. The van der Waals surface area contributed by atoms with E-state index in [1.54, 1.807) is 0 Å². The number of hydrogen-bond donors (Lipinski definition) is 1. The summed E-state index contributed by atoms with van der Waals surface area (Å²) in [6.07, 6.45) is 0. The van der Waals surface area contributed by atoms with Crippen LogP contribution in [0.15, 0.2) is 0 Å². The maximum absolute atomic E-state index is 6.17. The van der Waals surface area contributed by atoms with Gasteiger partial charge in [-0.15, -0.1) is 0 Å². The summed E-state index contributed by atoms with van der Waals surface area (Å²) in [5.41, 5.74) is 7.92. The summed E-state index contributed by atoms with van der Waals surface area (Å²) in [4.78, 5) is 2.35. The fourth-order valence-electron chi connectivity index (χ4n) is 2.04. The Hall–Kier alpha value is -1.19. The predicted molar refractivity (Wildman–Crippen MR) is 74.4 cm³/mol. The second-order valence-corrected chi connectivity index (χ2v) is 5.28. The molecule has 0 aliphatic rings. The molecule has 98 valence electrons. The van der Waals surface area contributed by atoms with Gasteiger partial charge in [-0.05, 0) is 33.6 Å². The third-order valence-corrected chi connectivity index (χ3v) is 2.90. The van der Waals surface area contributed by atoms with Crippen molar-refractivity contribution in [1.29, 1.82) is 0 Å². The van der Waals surface area contributed by atoms with E-state index in [1.807, 2.05) is 11.6 Å². The van der Waals surface area contributed by atoms with Crippen LogP contribution in [0.3, 0.4) is 0 Å². The van der Waals surface area contributed by atoms with Crippen molar-refractivity contribution in [3.05, 3.63) is 5.69 Å². The summed E-state index contributed by atoms with van der Waals surface area (Å²) >= 11 is 0. The van der Waals surface area contributed by atoms with E-state index in [0.717, 1.165) is 30.3 Å². The first-order valence-corrected chi connectivity index (χ1v) is 6.47. The number of hydrogen-bond acceptors (Lipinski definition) is 3. The van der Waals surface area contributed by atoms with Crippen LogP contribution in [0.25, 0.3) is 0 Å². The van der Waals surface area contributed by atoms with Crippen molar-refractivity contribution in [2.75, 3.05) is 17.2 Å². The van der Waals surface area contributed by atoms with Crippen molar-refractivity contribution < 1.29 is 0 Å². The van der Waals surface area contributed by atoms with Crippen LogP contribution in [-0.2, 0) is 6.54 Å². The summed E-state index contributed by atoms with van der Waals surface area (Å²) in [5.74, 6) is 1.69. The van der Waals surface area contributed by atoms with E-state index in [9.17, 15) is 0 Å². The number of rotatable bonds is 5. The molecule has 0 atom stereocenters. The Morgan fingerprint density at radius 2 is 1.88 bits per heavy atom. The quantitative estimate of drug-likeness (QED) is 0.858. The van der Waals surface area contributed by atoms with E-state index in [-0.39, 0.29) is 0 Å². The molecule has 2 N–H and O–H groups in total. The van der Waals surface area contributed by atoms with Crippen molar-refractivity contribution in [2.45, 2.75) is 54.1 Å². The molecule has 0 aliphatic carbocycles. The third-order valence-electron chi connectivity index (χ3n) is 2.90. The summed E-state index contributed by atoms with van der Waals surface area (Å²) < 4.78 is 2.01. The van der Waals surface area contributed by atoms with E-state index < -0.39 is 0 Å². The third kappa shape index (κ3) is 2.93. The lowest BCUT2D eigenvalue weighted by Gasteiger charge is -2.31. The lowest BCUT2D eigenvalue weighted by molar-refractivity contribution is 0.541. The molecule has 1 rings (SSSR count). The topological polar surface area (TPSA) is 47.1 Å². The Balaban J connectivity index is 3.17. The van der Waals surface area contributed by atoms with Gasteiger partial charge in [-0.2, -0.15) is 5.10 Å². The van der Waals surface area contributed by atoms with E-state index in [1.165, 1.54) is 0 Å². The molecule has 1 aromatic rings. The van der Waals surface area contributed by atoms with Gasteiger partial charge < -0.3 is 10.6 Å². The van der Waals surface area contributed by atoms with Crippen LogP contribution in [0, 0.1) is 12.8 Å². The molecule has 0 saturated carbocycles. The molecule has 4 heteroatoms. The van der Waals surface area contributed by atoms with Crippen LogP contribution in [0.1, 0.15) is 40.3 Å². The van der Waals surface area contributed by atoms with Gasteiger partial charge in [0.05, 0.1) is 11.4 Å². The summed E-state index contributed by atoms with van der Waals surface area (Å²) in [7, 11) is 0. The Bertz CT molecular complexity index is 366. The zero-order chi connectivity index (χ0) is 13.2. The van der Waals surface area contributed by atoms with E-state index in [0.29, 0.717) is 12.0 Å². The highest BCUT2D eigenvalue weighted by Crippen LogP contribution is 2.28. The zero-order valence-corrected chi connectivity index (χ0v) is 12.0. The van der Waals surface area contributed by atoms with Crippen molar-refractivity contribution >= 4 is 11.5 Å². The first-order chi connectivity index (χ1) is 7.88. The van der Waals surface area contributed by atoms with Gasteiger partial charge >= 0.3 is 0 Å². The van der Waals surface area contributed by atoms with Crippen LogP contribution in [0.4, 0.5) is 11.5 Å². The van der Waals surface area contributed by atoms with Gasteiger partial charge in [0.1, 0.15) is 0 Å². The Morgan fingerprint density at radius 1 is 1.29 bits per heavy atom. The molecular formula is C13H26N4. The molecule has 0 aromatic carbocycles. The number of anilines is 2. The molecular weight excluding hydrogens is 212 g/mol. The minimum Gasteiger partial charge on any atom is -0.394 e. The molecule has 0 unspecified atom stereocenters. The van der Waals surface area contributed by atoms with Crippen LogP contribution in [0.5, 0.6) is 0 Å². The largest absolute Gasteiger partial charge is 0.394 e. The van der Waals surface area contributed by atoms with Gasteiger partial charge in [-0.1, -0.05) is 13.8 Å². The number of aromatic nitrogens is 2. The number of nitrogens with zero attached hydrogens (tertiary/aromatic N) is 3. The molecule has 0 amide bonds. The molecule has 4 nitrogen and oxygen atoms in total. The maximum atomic E-state index is 6.17. The van der Waals surface area contributed by atoms with Crippen molar-refractivity contribution in [2.24, 2.45) is 5.92 Å². The minimum atomic E-state index is 0.432. The van der Waals surface area contributed by atoms with Gasteiger partial charge in [0.2, 0.25) is 0 Å². The lowest BCUT2D eigenvalue weighted by Crippen LogP contribution is -2.36. The van der Waals surface area contributed by atoms with Gasteiger partial charge in [-0.25, -0.2) is 4.68 Å². The second kappa shape index (κ2) is 5.43. The number of nitrogen functional groups attached to an aromatic ring is 1. The first kappa shape index (κ1) is 13.9.